The monoisotopic (exact) mass is 209 g/mol. The molecule has 0 saturated heterocycles. The lowest BCUT2D eigenvalue weighted by Gasteiger charge is -2.15. The molecular formula is C11H15NO3. The molecule has 0 saturated carbocycles. The molecule has 1 atom stereocenters. The maximum atomic E-state index is 10.8. The van der Waals surface area contributed by atoms with Crippen LogP contribution in [-0.2, 0) is 0 Å². The van der Waals surface area contributed by atoms with Crippen LogP contribution in [-0.4, -0.2) is 25.2 Å². The smallest absolute Gasteiger partial charge is 0.335 e. The van der Waals surface area contributed by atoms with Crippen LogP contribution in [0.15, 0.2) is 18.2 Å². The molecule has 0 amide bonds. The van der Waals surface area contributed by atoms with Crippen LogP contribution < -0.4 is 10.1 Å². The van der Waals surface area contributed by atoms with E-state index >= 15 is 0 Å². The Bertz CT molecular complexity index is 363. The van der Waals surface area contributed by atoms with Gasteiger partial charge in [-0.1, -0.05) is 0 Å². The van der Waals surface area contributed by atoms with Crippen molar-refractivity contribution in [3.63, 3.8) is 0 Å². The lowest BCUT2D eigenvalue weighted by molar-refractivity contribution is 0.0696. The third-order valence-corrected chi connectivity index (χ3v) is 2.38. The molecule has 2 N–H and O–H groups in total. The van der Waals surface area contributed by atoms with Gasteiger partial charge >= 0.3 is 5.97 Å². The highest BCUT2D eigenvalue weighted by Crippen LogP contribution is 2.25. The molecule has 0 radical (unpaired) electrons. The van der Waals surface area contributed by atoms with E-state index in [0.29, 0.717) is 5.75 Å². The number of hydrogen-bond donors (Lipinski definition) is 2. The van der Waals surface area contributed by atoms with Gasteiger partial charge in [0, 0.05) is 11.6 Å². The van der Waals surface area contributed by atoms with Gasteiger partial charge in [-0.3, -0.25) is 0 Å². The lowest BCUT2D eigenvalue weighted by atomic mass is 10.0. The fraction of sp³-hybridized carbons (Fsp3) is 0.364. The number of aromatic carboxylic acids is 1. The normalized spacial score (nSPS) is 12.2. The molecule has 1 unspecified atom stereocenters. The molecule has 82 valence electrons. The summed E-state index contributed by atoms with van der Waals surface area (Å²) in [5.74, 6) is -0.232. The van der Waals surface area contributed by atoms with Crippen molar-refractivity contribution in [1.82, 2.24) is 5.32 Å². The molecule has 0 aliphatic heterocycles. The molecule has 0 spiro atoms. The Morgan fingerprint density at radius 3 is 2.67 bits per heavy atom. The highest BCUT2D eigenvalue weighted by Gasteiger charge is 2.12. The molecule has 4 heteroatoms. The zero-order valence-corrected chi connectivity index (χ0v) is 9.07. The van der Waals surface area contributed by atoms with Crippen LogP contribution in [0.3, 0.4) is 0 Å². The van der Waals surface area contributed by atoms with Crippen LogP contribution in [0.2, 0.25) is 0 Å². The molecule has 0 aliphatic carbocycles. The maximum Gasteiger partial charge on any atom is 0.335 e. The summed E-state index contributed by atoms with van der Waals surface area (Å²) < 4.78 is 5.17. The second kappa shape index (κ2) is 4.79. The minimum absolute atomic E-state index is 0.0549. The molecule has 4 nitrogen and oxygen atoms in total. The van der Waals surface area contributed by atoms with Gasteiger partial charge in [-0.25, -0.2) is 4.79 Å². The number of ether oxygens (including phenoxy) is 1. The second-order valence-electron chi connectivity index (χ2n) is 3.27. The van der Waals surface area contributed by atoms with Crippen molar-refractivity contribution in [2.75, 3.05) is 14.2 Å². The lowest BCUT2D eigenvalue weighted by Crippen LogP contribution is -2.14. The van der Waals surface area contributed by atoms with E-state index in [1.54, 1.807) is 19.2 Å². The molecule has 15 heavy (non-hydrogen) atoms. The molecule has 0 bridgehead atoms. The van der Waals surface area contributed by atoms with Crippen LogP contribution >= 0.6 is 0 Å². The zero-order valence-electron chi connectivity index (χ0n) is 9.07. The van der Waals surface area contributed by atoms with E-state index < -0.39 is 5.97 Å². The van der Waals surface area contributed by atoms with Crippen molar-refractivity contribution in [3.8, 4) is 5.75 Å². The summed E-state index contributed by atoms with van der Waals surface area (Å²) in [7, 11) is 3.39. The van der Waals surface area contributed by atoms with E-state index in [1.807, 2.05) is 14.0 Å². The van der Waals surface area contributed by atoms with E-state index in [0.717, 1.165) is 5.56 Å². The Balaban J connectivity index is 3.18. The number of carboxylic acids is 1. The molecule has 0 aliphatic rings. The Hall–Kier alpha value is -1.55. The Morgan fingerprint density at radius 2 is 2.20 bits per heavy atom. The van der Waals surface area contributed by atoms with Gasteiger partial charge in [-0.05, 0) is 32.2 Å². The first-order valence-corrected chi connectivity index (χ1v) is 4.68. The standard InChI is InChI=1S/C11H15NO3/c1-7(12-2)9-6-8(11(13)14)4-5-10(9)15-3/h4-7,12H,1-3H3,(H,13,14). The number of carboxylic acid groups (broad SMARTS) is 1. The largest absolute Gasteiger partial charge is 0.496 e. The van der Waals surface area contributed by atoms with Gasteiger partial charge in [0.15, 0.2) is 0 Å². The average Bonchev–Trinajstić information content (AvgIpc) is 2.27. The Labute approximate surface area is 88.9 Å². The number of nitrogens with one attached hydrogen (secondary N) is 1. The molecule has 1 rings (SSSR count). The topological polar surface area (TPSA) is 58.6 Å². The van der Waals surface area contributed by atoms with Crippen molar-refractivity contribution in [2.24, 2.45) is 0 Å². The fourth-order valence-electron chi connectivity index (χ4n) is 1.36. The van der Waals surface area contributed by atoms with Crippen molar-refractivity contribution < 1.29 is 14.6 Å². The highest BCUT2D eigenvalue weighted by molar-refractivity contribution is 5.88. The summed E-state index contributed by atoms with van der Waals surface area (Å²) in [6.07, 6.45) is 0. The summed E-state index contributed by atoms with van der Waals surface area (Å²) in [6.45, 7) is 1.95. The quantitative estimate of drug-likeness (QED) is 0.792. The first kappa shape index (κ1) is 11.5. The molecule has 1 aromatic rings. The van der Waals surface area contributed by atoms with Crippen LogP contribution in [0, 0.1) is 0 Å². The first-order valence-electron chi connectivity index (χ1n) is 4.68. The van der Waals surface area contributed by atoms with E-state index in [2.05, 4.69) is 5.32 Å². The van der Waals surface area contributed by atoms with E-state index in [4.69, 9.17) is 9.84 Å². The molecule has 1 aromatic carbocycles. The minimum Gasteiger partial charge on any atom is -0.496 e. The zero-order chi connectivity index (χ0) is 11.4. The van der Waals surface area contributed by atoms with Crippen molar-refractivity contribution in [3.05, 3.63) is 29.3 Å². The van der Waals surface area contributed by atoms with Gasteiger partial charge in [-0.15, -0.1) is 0 Å². The number of rotatable bonds is 4. The molecule has 0 fully saturated rings. The van der Waals surface area contributed by atoms with Crippen molar-refractivity contribution in [1.29, 1.82) is 0 Å². The summed E-state index contributed by atoms with van der Waals surface area (Å²) in [5, 5.41) is 11.9. The molecule has 0 aromatic heterocycles. The number of methoxy groups -OCH3 is 1. The van der Waals surface area contributed by atoms with Gasteiger partial charge in [0.1, 0.15) is 5.75 Å². The predicted molar refractivity (Wildman–Crippen MR) is 57.4 cm³/mol. The Kier molecular flexibility index (Phi) is 3.68. The Morgan fingerprint density at radius 1 is 1.53 bits per heavy atom. The van der Waals surface area contributed by atoms with Gasteiger partial charge in [0.25, 0.3) is 0 Å². The van der Waals surface area contributed by atoms with Crippen molar-refractivity contribution in [2.45, 2.75) is 13.0 Å². The van der Waals surface area contributed by atoms with Crippen LogP contribution in [0.5, 0.6) is 5.75 Å². The van der Waals surface area contributed by atoms with Crippen LogP contribution in [0.1, 0.15) is 28.9 Å². The second-order valence-corrected chi connectivity index (χ2v) is 3.27. The summed E-state index contributed by atoms with van der Waals surface area (Å²) >= 11 is 0. The maximum absolute atomic E-state index is 10.8. The molecule has 0 heterocycles. The van der Waals surface area contributed by atoms with Gasteiger partial charge in [-0.2, -0.15) is 0 Å². The van der Waals surface area contributed by atoms with Crippen LogP contribution in [0.25, 0.3) is 0 Å². The average molecular weight is 209 g/mol. The number of benzene rings is 1. The van der Waals surface area contributed by atoms with Gasteiger partial charge in [0.2, 0.25) is 0 Å². The summed E-state index contributed by atoms with van der Waals surface area (Å²) in [5.41, 5.74) is 1.12. The summed E-state index contributed by atoms with van der Waals surface area (Å²) in [6, 6.07) is 4.89. The third-order valence-electron chi connectivity index (χ3n) is 2.38. The van der Waals surface area contributed by atoms with Gasteiger partial charge < -0.3 is 15.2 Å². The fourth-order valence-corrected chi connectivity index (χ4v) is 1.36. The predicted octanol–water partition coefficient (Wildman–Crippen LogP) is 1.67. The van der Waals surface area contributed by atoms with E-state index in [9.17, 15) is 4.79 Å². The van der Waals surface area contributed by atoms with Crippen molar-refractivity contribution >= 4 is 5.97 Å². The minimum atomic E-state index is -0.929. The highest BCUT2D eigenvalue weighted by atomic mass is 16.5. The van der Waals surface area contributed by atoms with Gasteiger partial charge in [0.05, 0.1) is 12.7 Å². The number of hydrogen-bond acceptors (Lipinski definition) is 3. The third kappa shape index (κ3) is 2.47. The number of carbonyl (C=O) groups is 1. The first-order chi connectivity index (χ1) is 7.10. The van der Waals surface area contributed by atoms with E-state index in [-0.39, 0.29) is 11.6 Å². The van der Waals surface area contributed by atoms with Crippen LogP contribution in [0.4, 0.5) is 0 Å². The SMILES string of the molecule is CNC(C)c1cc(C(=O)O)ccc1OC. The molecular weight excluding hydrogens is 194 g/mol. The van der Waals surface area contributed by atoms with E-state index in [1.165, 1.54) is 6.07 Å². The summed E-state index contributed by atoms with van der Waals surface area (Å²) in [4.78, 5) is 10.8.